The molecule has 0 fully saturated rings. The molecule has 0 bridgehead atoms. The maximum absolute atomic E-state index is 7.09. The average molecular weight is 717 g/mol. The third kappa shape index (κ3) is 8.81. The summed E-state index contributed by atoms with van der Waals surface area (Å²) in [6, 6.07) is 42.4. The van der Waals surface area contributed by atoms with Crippen LogP contribution in [0.5, 0.6) is 0 Å². The van der Waals surface area contributed by atoms with Crippen LogP contribution in [0.15, 0.2) is 121 Å². The molecule has 0 aromatic heterocycles. The fraction of sp³-hybridized carbons (Fsp3) is 0.351. The summed E-state index contributed by atoms with van der Waals surface area (Å²) in [7, 11) is 0. The zero-order valence-corrected chi connectivity index (χ0v) is 29.2. The predicted octanol–water partition coefficient (Wildman–Crippen LogP) is 9.07. The van der Waals surface area contributed by atoms with Crippen molar-refractivity contribution in [3.8, 4) is 0 Å². The van der Waals surface area contributed by atoms with E-state index in [4.69, 9.17) is 8.56 Å². The van der Waals surface area contributed by atoms with Crippen molar-refractivity contribution in [3.63, 3.8) is 0 Å². The van der Waals surface area contributed by atoms with Crippen LogP contribution >= 0.6 is 0 Å². The van der Waals surface area contributed by atoms with Crippen molar-refractivity contribution in [1.82, 2.24) is 0 Å². The molecule has 0 N–H and O–H groups in total. The van der Waals surface area contributed by atoms with E-state index in [-0.39, 0.29) is 16.2 Å². The molecule has 0 unspecified atom stereocenters. The first-order chi connectivity index (χ1) is 19.5. The Bertz CT molecular complexity index is 1190. The molecule has 0 radical (unpaired) electrons. The van der Waals surface area contributed by atoms with E-state index in [9.17, 15) is 0 Å². The van der Waals surface area contributed by atoms with Gasteiger partial charge in [0.05, 0.1) is 0 Å². The van der Waals surface area contributed by atoms with E-state index in [1.165, 1.54) is 22.3 Å². The second kappa shape index (κ2) is 13.7. The van der Waals surface area contributed by atoms with Gasteiger partial charge in [0, 0.05) is 0 Å². The van der Waals surface area contributed by atoms with Gasteiger partial charge < -0.3 is 0 Å². The molecule has 0 atom stereocenters. The van der Waals surface area contributed by atoms with Gasteiger partial charge in [-0.1, -0.05) is 0 Å². The van der Waals surface area contributed by atoms with Crippen LogP contribution in [0.4, 0.5) is 0 Å². The third-order valence-electron chi connectivity index (χ3n) is 7.89. The van der Waals surface area contributed by atoms with Crippen molar-refractivity contribution >= 4 is 0 Å². The fourth-order valence-corrected chi connectivity index (χ4v) is 15.8. The van der Waals surface area contributed by atoms with Crippen LogP contribution < -0.4 is 0 Å². The van der Waals surface area contributed by atoms with Crippen LogP contribution in [-0.2, 0) is 50.3 Å². The third-order valence-corrected chi connectivity index (χ3v) is 17.2. The van der Waals surface area contributed by atoms with E-state index in [2.05, 4.69) is 163 Å². The number of hydrogen-bond donors (Lipinski definition) is 0. The molecule has 216 valence electrons. The second-order valence-electron chi connectivity index (χ2n) is 13.0. The maximum atomic E-state index is 7.09. The molecule has 4 aromatic rings. The van der Waals surface area contributed by atoms with Crippen molar-refractivity contribution in [2.24, 2.45) is 0 Å². The minimum atomic E-state index is -4.45. The van der Waals surface area contributed by atoms with Crippen molar-refractivity contribution in [3.05, 3.63) is 144 Å². The summed E-state index contributed by atoms with van der Waals surface area (Å²) in [5.41, 5.74) is 4.35. The molecular weight excluding hydrogens is 671 g/mol. The van der Waals surface area contributed by atoms with E-state index in [1.54, 1.807) is 0 Å². The van der Waals surface area contributed by atoms with E-state index >= 15 is 0 Å². The Morgan fingerprint density at radius 1 is 0.415 bits per heavy atom. The number of benzene rings is 4. The molecule has 0 spiro atoms. The molecule has 0 aliphatic carbocycles. The van der Waals surface area contributed by atoms with Gasteiger partial charge in [-0.3, -0.25) is 0 Å². The van der Waals surface area contributed by atoms with Crippen molar-refractivity contribution in [2.45, 2.75) is 62.0 Å². The fourth-order valence-electron chi connectivity index (χ4n) is 4.91. The molecule has 0 aliphatic heterocycles. The average Bonchev–Trinajstić information content (AvgIpc) is 3.00. The Morgan fingerprint density at radius 3 is 0.976 bits per heavy atom. The topological polar surface area (TPSA) is 27.7 Å². The minimum absolute atomic E-state index is 0.195. The van der Waals surface area contributed by atoms with Gasteiger partial charge >= 0.3 is 255 Å². The summed E-state index contributed by atoms with van der Waals surface area (Å²) >= 11 is -4.45. The molecule has 4 rings (SSSR count). The van der Waals surface area contributed by atoms with Crippen LogP contribution in [0.25, 0.3) is 0 Å². The molecule has 0 saturated carbocycles. The molecule has 0 heterocycles. The first-order valence-corrected chi connectivity index (χ1v) is 21.6. The molecule has 41 heavy (non-hydrogen) atoms. The van der Waals surface area contributed by atoms with Crippen LogP contribution in [0.2, 0.25) is 0 Å². The van der Waals surface area contributed by atoms with Gasteiger partial charge in [0.2, 0.25) is 0 Å². The Labute approximate surface area is 254 Å². The van der Waals surface area contributed by atoms with Crippen molar-refractivity contribution < 1.29 is 29.8 Å². The first-order valence-electron chi connectivity index (χ1n) is 14.6. The Morgan fingerprint density at radius 2 is 0.683 bits per heavy atom. The summed E-state index contributed by atoms with van der Waals surface area (Å²) in [5, 5.41) is 0. The van der Waals surface area contributed by atoms with Crippen molar-refractivity contribution in [1.29, 1.82) is 0 Å². The molecular formula is C37H46HfO3. The van der Waals surface area contributed by atoms with Gasteiger partial charge in [0.1, 0.15) is 0 Å². The monoisotopic (exact) mass is 718 g/mol. The SMILES string of the molecule is CC(C)(C[O][Hf]([CH2]c1ccccc1)([O]CC(C)(C)c1ccccc1)[O]CC(C)(C)c1ccccc1)c1ccccc1. The number of hydrogen-bond acceptors (Lipinski definition) is 3. The molecule has 0 amide bonds. The van der Waals surface area contributed by atoms with Gasteiger partial charge in [0.25, 0.3) is 0 Å². The van der Waals surface area contributed by atoms with Gasteiger partial charge in [-0.05, 0) is 0 Å². The summed E-state index contributed by atoms with van der Waals surface area (Å²) in [5.74, 6) is 0. The van der Waals surface area contributed by atoms with Gasteiger partial charge in [-0.25, -0.2) is 0 Å². The Balaban J connectivity index is 1.68. The van der Waals surface area contributed by atoms with E-state index < -0.39 is 21.3 Å². The van der Waals surface area contributed by atoms with Crippen LogP contribution in [-0.4, -0.2) is 19.8 Å². The normalized spacial score (nSPS) is 12.8. The second-order valence-corrected chi connectivity index (χ2v) is 22.3. The van der Waals surface area contributed by atoms with E-state index in [0.717, 1.165) is 0 Å². The first kappa shape index (κ1) is 31.6. The quantitative estimate of drug-likeness (QED) is 0.122. The molecule has 3 nitrogen and oxygen atoms in total. The molecule has 4 aromatic carbocycles. The molecule has 4 heteroatoms. The number of rotatable bonds is 14. The molecule has 0 saturated heterocycles. The molecule has 0 aliphatic rings. The summed E-state index contributed by atoms with van der Waals surface area (Å²) in [4.78, 5) is 0. The summed E-state index contributed by atoms with van der Waals surface area (Å²) in [6.07, 6.45) is 0. The van der Waals surface area contributed by atoms with E-state index in [1.807, 2.05) is 0 Å². The van der Waals surface area contributed by atoms with Crippen LogP contribution in [0, 0.1) is 0 Å². The summed E-state index contributed by atoms with van der Waals surface area (Å²) < 4.78 is 22.0. The zero-order valence-electron chi connectivity index (χ0n) is 25.6. The van der Waals surface area contributed by atoms with Crippen LogP contribution in [0.3, 0.4) is 0 Å². The summed E-state index contributed by atoms with van der Waals surface area (Å²) in [6.45, 7) is 15.0. The van der Waals surface area contributed by atoms with Gasteiger partial charge in [-0.15, -0.1) is 0 Å². The predicted molar refractivity (Wildman–Crippen MR) is 166 cm³/mol. The standard InChI is InChI=1S/3C10H13O.C7H7.Hf/c3*1-10(2,8-11)9-6-4-3-5-7-9;1-7-5-3-2-4-6-7;/h3*3-7H,8H2,1-2H3;2-6H,1H2;/q3*-1;;+3. The Hall–Kier alpha value is -2.37. The van der Waals surface area contributed by atoms with Gasteiger partial charge in [0.15, 0.2) is 0 Å². The van der Waals surface area contributed by atoms with Crippen LogP contribution in [0.1, 0.15) is 63.8 Å². The van der Waals surface area contributed by atoms with E-state index in [0.29, 0.717) is 24.0 Å². The Kier molecular flexibility index (Phi) is 10.6. The zero-order chi connectivity index (χ0) is 29.4. The van der Waals surface area contributed by atoms with Gasteiger partial charge in [-0.2, -0.15) is 0 Å². The van der Waals surface area contributed by atoms with Crippen molar-refractivity contribution in [2.75, 3.05) is 19.8 Å².